The lowest BCUT2D eigenvalue weighted by Crippen LogP contribution is -2.26. The van der Waals surface area contributed by atoms with Crippen molar-refractivity contribution in [2.75, 3.05) is 0 Å². The molecule has 0 fully saturated rings. The zero-order chi connectivity index (χ0) is 15.0. The lowest BCUT2D eigenvalue weighted by molar-refractivity contribution is -0.0436. The molecular weight excluding hydrogens is 270 g/mol. The van der Waals surface area contributed by atoms with E-state index in [1.807, 2.05) is 24.3 Å². The van der Waals surface area contributed by atoms with E-state index in [9.17, 15) is 8.78 Å². The molecule has 0 atom stereocenters. The van der Waals surface area contributed by atoms with Crippen LogP contribution in [0.15, 0.2) is 42.7 Å². The highest BCUT2D eigenvalue weighted by atomic mass is 19.3. The maximum Gasteiger partial charge on any atom is 0.254 e. The Hall–Kier alpha value is -2.10. The lowest BCUT2D eigenvalue weighted by Gasteiger charge is -2.21. The third-order valence-electron chi connectivity index (χ3n) is 3.82. The first-order valence-corrected chi connectivity index (χ1v) is 6.98. The summed E-state index contributed by atoms with van der Waals surface area (Å²) >= 11 is 0. The van der Waals surface area contributed by atoms with Gasteiger partial charge in [0.25, 0.3) is 5.92 Å². The standard InChI is InChI=1S/C17H16F2N2/c1-11(2)17(18,19)10-13-9-12-5-3-7-20-15(12)16-14(13)6-4-8-21-16/h3-9,11H,10H2,1-2H3. The molecule has 0 aliphatic rings. The predicted octanol–water partition coefficient (Wildman–Crippen LogP) is 4.62. The van der Waals surface area contributed by atoms with Gasteiger partial charge in [-0.15, -0.1) is 0 Å². The summed E-state index contributed by atoms with van der Waals surface area (Å²) in [5, 5.41) is 1.60. The highest BCUT2D eigenvalue weighted by molar-refractivity contribution is 6.04. The predicted molar refractivity (Wildman–Crippen MR) is 80.5 cm³/mol. The Kier molecular flexibility index (Phi) is 3.32. The van der Waals surface area contributed by atoms with Gasteiger partial charge in [0, 0.05) is 35.5 Å². The number of alkyl halides is 2. The Balaban J connectivity index is 2.26. The van der Waals surface area contributed by atoms with Crippen LogP contribution in [0.4, 0.5) is 8.78 Å². The summed E-state index contributed by atoms with van der Waals surface area (Å²) in [5.41, 5.74) is 2.06. The van der Waals surface area contributed by atoms with E-state index in [1.165, 1.54) is 0 Å². The van der Waals surface area contributed by atoms with Gasteiger partial charge in [0.05, 0.1) is 11.0 Å². The SMILES string of the molecule is CC(C)C(F)(F)Cc1cc2cccnc2c2ncccc12. The van der Waals surface area contributed by atoms with E-state index in [0.29, 0.717) is 11.1 Å². The van der Waals surface area contributed by atoms with Gasteiger partial charge in [-0.25, -0.2) is 8.78 Å². The van der Waals surface area contributed by atoms with E-state index in [1.54, 1.807) is 32.3 Å². The van der Waals surface area contributed by atoms with E-state index in [0.717, 1.165) is 16.3 Å². The number of benzene rings is 1. The molecule has 0 bridgehead atoms. The van der Waals surface area contributed by atoms with Gasteiger partial charge in [0.15, 0.2) is 0 Å². The molecule has 2 aromatic heterocycles. The van der Waals surface area contributed by atoms with Gasteiger partial charge in [-0.2, -0.15) is 0 Å². The Morgan fingerprint density at radius 2 is 1.71 bits per heavy atom. The van der Waals surface area contributed by atoms with Crippen molar-refractivity contribution in [2.24, 2.45) is 5.92 Å². The van der Waals surface area contributed by atoms with Crippen LogP contribution in [0.3, 0.4) is 0 Å². The Labute approximate surface area is 121 Å². The van der Waals surface area contributed by atoms with E-state index >= 15 is 0 Å². The highest BCUT2D eigenvalue weighted by Crippen LogP contribution is 2.33. The molecule has 0 saturated heterocycles. The smallest absolute Gasteiger partial charge is 0.254 e. The first kappa shape index (κ1) is 13.9. The zero-order valence-electron chi connectivity index (χ0n) is 12.0. The summed E-state index contributed by atoms with van der Waals surface area (Å²) in [7, 11) is 0. The second kappa shape index (κ2) is 5.02. The largest absolute Gasteiger partial charge is 0.254 e. The number of nitrogens with zero attached hydrogens (tertiary/aromatic N) is 2. The van der Waals surface area contributed by atoms with Crippen LogP contribution in [0, 0.1) is 5.92 Å². The van der Waals surface area contributed by atoms with Crippen molar-refractivity contribution in [3.8, 4) is 0 Å². The minimum absolute atomic E-state index is 0.280. The third kappa shape index (κ3) is 2.46. The number of hydrogen-bond donors (Lipinski definition) is 0. The second-order valence-electron chi connectivity index (χ2n) is 5.60. The van der Waals surface area contributed by atoms with Crippen molar-refractivity contribution in [2.45, 2.75) is 26.2 Å². The first-order valence-electron chi connectivity index (χ1n) is 6.98. The molecule has 0 unspecified atom stereocenters. The van der Waals surface area contributed by atoms with Gasteiger partial charge < -0.3 is 0 Å². The summed E-state index contributed by atoms with van der Waals surface area (Å²) in [4.78, 5) is 8.67. The van der Waals surface area contributed by atoms with Crippen molar-refractivity contribution >= 4 is 21.8 Å². The fourth-order valence-electron chi connectivity index (χ4n) is 2.45. The molecule has 0 aliphatic heterocycles. The van der Waals surface area contributed by atoms with Crippen molar-refractivity contribution in [3.63, 3.8) is 0 Å². The van der Waals surface area contributed by atoms with Crippen LogP contribution in [-0.4, -0.2) is 15.9 Å². The molecule has 1 aromatic carbocycles. The van der Waals surface area contributed by atoms with Crippen LogP contribution in [0.25, 0.3) is 21.8 Å². The van der Waals surface area contributed by atoms with Gasteiger partial charge in [-0.05, 0) is 23.8 Å². The average Bonchev–Trinajstić information content (AvgIpc) is 2.47. The Morgan fingerprint density at radius 1 is 1.05 bits per heavy atom. The maximum absolute atomic E-state index is 14.1. The molecule has 3 aromatic rings. The van der Waals surface area contributed by atoms with Gasteiger partial charge >= 0.3 is 0 Å². The van der Waals surface area contributed by atoms with Gasteiger partial charge in [0.2, 0.25) is 0 Å². The van der Waals surface area contributed by atoms with E-state index < -0.39 is 11.8 Å². The fourth-order valence-corrected chi connectivity index (χ4v) is 2.45. The summed E-state index contributed by atoms with van der Waals surface area (Å²) in [6.07, 6.45) is 3.08. The maximum atomic E-state index is 14.1. The summed E-state index contributed by atoms with van der Waals surface area (Å²) < 4.78 is 28.2. The van der Waals surface area contributed by atoms with Crippen LogP contribution >= 0.6 is 0 Å². The third-order valence-corrected chi connectivity index (χ3v) is 3.82. The van der Waals surface area contributed by atoms with Gasteiger partial charge in [-0.3, -0.25) is 9.97 Å². The summed E-state index contributed by atoms with van der Waals surface area (Å²) in [6.45, 7) is 3.09. The highest BCUT2D eigenvalue weighted by Gasteiger charge is 2.34. The normalized spacial score (nSPS) is 12.4. The monoisotopic (exact) mass is 286 g/mol. The molecule has 0 radical (unpaired) electrons. The summed E-state index contributed by atoms with van der Waals surface area (Å²) in [5.74, 6) is -3.44. The molecule has 4 heteroatoms. The molecule has 21 heavy (non-hydrogen) atoms. The van der Waals surface area contributed by atoms with Crippen molar-refractivity contribution < 1.29 is 8.78 Å². The molecule has 0 aliphatic carbocycles. The minimum Gasteiger partial charge on any atom is -0.254 e. The van der Waals surface area contributed by atoms with Crippen molar-refractivity contribution in [1.82, 2.24) is 9.97 Å². The minimum atomic E-state index is -2.74. The number of rotatable bonds is 3. The molecule has 2 heterocycles. The molecule has 2 nitrogen and oxygen atoms in total. The molecule has 0 amide bonds. The molecule has 0 spiro atoms. The Bertz CT molecular complexity index is 797. The van der Waals surface area contributed by atoms with E-state index in [4.69, 9.17) is 0 Å². The van der Waals surface area contributed by atoms with Crippen LogP contribution in [0.2, 0.25) is 0 Å². The van der Waals surface area contributed by atoms with Gasteiger partial charge in [-0.1, -0.05) is 26.0 Å². The molecule has 108 valence electrons. The number of pyridine rings is 2. The first-order chi connectivity index (χ1) is 9.99. The van der Waals surface area contributed by atoms with Crippen LogP contribution in [0.1, 0.15) is 19.4 Å². The van der Waals surface area contributed by atoms with Crippen LogP contribution in [-0.2, 0) is 6.42 Å². The number of aromatic nitrogens is 2. The Morgan fingerprint density at radius 3 is 2.43 bits per heavy atom. The van der Waals surface area contributed by atoms with E-state index in [-0.39, 0.29) is 6.42 Å². The van der Waals surface area contributed by atoms with Crippen LogP contribution < -0.4 is 0 Å². The van der Waals surface area contributed by atoms with Gasteiger partial charge in [0.1, 0.15) is 0 Å². The quantitative estimate of drug-likeness (QED) is 0.657. The zero-order valence-corrected chi connectivity index (χ0v) is 12.0. The second-order valence-corrected chi connectivity index (χ2v) is 5.60. The van der Waals surface area contributed by atoms with Crippen molar-refractivity contribution in [3.05, 3.63) is 48.3 Å². The topological polar surface area (TPSA) is 25.8 Å². The number of hydrogen-bond acceptors (Lipinski definition) is 2. The molecule has 0 N–H and O–H groups in total. The molecule has 0 saturated carbocycles. The molecular formula is C17H16F2N2. The number of halogens is 2. The fraction of sp³-hybridized carbons (Fsp3) is 0.294. The summed E-state index contributed by atoms with van der Waals surface area (Å²) in [6, 6.07) is 9.11. The lowest BCUT2D eigenvalue weighted by atomic mass is 9.94. The average molecular weight is 286 g/mol. The molecule has 3 rings (SSSR count). The van der Waals surface area contributed by atoms with Crippen LogP contribution in [0.5, 0.6) is 0 Å². The number of fused-ring (bicyclic) bond motifs is 3. The van der Waals surface area contributed by atoms with Crippen molar-refractivity contribution in [1.29, 1.82) is 0 Å². The van der Waals surface area contributed by atoms with E-state index in [2.05, 4.69) is 9.97 Å².